The highest BCUT2D eigenvalue weighted by molar-refractivity contribution is 5.78. The maximum Gasteiger partial charge on any atom is 0.234 e. The van der Waals surface area contributed by atoms with Gasteiger partial charge >= 0.3 is 0 Å². The topological polar surface area (TPSA) is 74.0 Å². The number of hydrogen-bond donors (Lipinski definition) is 1. The largest absolute Gasteiger partial charge is 0.355 e. The van der Waals surface area contributed by atoms with Crippen molar-refractivity contribution >= 4 is 5.91 Å². The zero-order valence-electron chi connectivity index (χ0n) is 13.6. The van der Waals surface area contributed by atoms with Crippen LogP contribution in [0.5, 0.6) is 0 Å². The van der Waals surface area contributed by atoms with Gasteiger partial charge in [0, 0.05) is 26.2 Å². The van der Waals surface area contributed by atoms with Crippen molar-refractivity contribution in [2.75, 3.05) is 19.6 Å². The molecule has 1 saturated carbocycles. The van der Waals surface area contributed by atoms with Gasteiger partial charge in [-0.05, 0) is 31.2 Å². The first kappa shape index (κ1) is 16.0. The van der Waals surface area contributed by atoms with Gasteiger partial charge in [-0.25, -0.2) is 0 Å². The first-order chi connectivity index (χ1) is 11.2. The number of nitrogens with one attached hydrogen (secondary N) is 1. The Morgan fingerprint density at radius 1 is 1.30 bits per heavy atom. The van der Waals surface area contributed by atoms with Crippen LogP contribution in [0.3, 0.4) is 0 Å². The summed E-state index contributed by atoms with van der Waals surface area (Å²) in [6, 6.07) is 3.92. The summed E-state index contributed by atoms with van der Waals surface area (Å²) in [5, 5.41) is 16.3. The Hall–Kier alpha value is -1.87. The molecule has 2 heterocycles. The molecule has 1 aliphatic carbocycles. The number of aryl methyl sites for hydroxylation is 1. The lowest BCUT2D eigenvalue weighted by molar-refractivity contribution is -0.122. The van der Waals surface area contributed by atoms with Gasteiger partial charge in [0.2, 0.25) is 5.91 Å². The van der Waals surface area contributed by atoms with E-state index >= 15 is 0 Å². The highest BCUT2D eigenvalue weighted by Gasteiger charge is 2.19. The first-order valence-corrected chi connectivity index (χ1v) is 8.70. The molecule has 6 nitrogen and oxygen atoms in total. The van der Waals surface area contributed by atoms with E-state index in [9.17, 15) is 4.79 Å². The molecule has 0 spiro atoms. The monoisotopic (exact) mass is 315 g/mol. The predicted molar refractivity (Wildman–Crippen MR) is 86.4 cm³/mol. The lowest BCUT2D eigenvalue weighted by Crippen LogP contribution is -2.39. The second kappa shape index (κ2) is 7.60. The molecule has 124 valence electrons. The average molecular weight is 315 g/mol. The van der Waals surface area contributed by atoms with Gasteiger partial charge in [0.1, 0.15) is 6.07 Å². The lowest BCUT2D eigenvalue weighted by atomic mass is 9.89. The van der Waals surface area contributed by atoms with E-state index in [0.717, 1.165) is 31.7 Å². The van der Waals surface area contributed by atoms with Crippen LogP contribution in [-0.2, 0) is 17.9 Å². The summed E-state index contributed by atoms with van der Waals surface area (Å²) < 4.78 is 1.90. The molecule has 0 unspecified atom stereocenters. The van der Waals surface area contributed by atoms with Crippen LogP contribution in [0.25, 0.3) is 0 Å². The van der Waals surface area contributed by atoms with Gasteiger partial charge in [0.25, 0.3) is 0 Å². The summed E-state index contributed by atoms with van der Waals surface area (Å²) >= 11 is 0. The van der Waals surface area contributed by atoms with Crippen molar-refractivity contribution in [2.24, 2.45) is 5.92 Å². The summed E-state index contributed by atoms with van der Waals surface area (Å²) in [5.74, 6) is 0.778. The van der Waals surface area contributed by atoms with Crippen molar-refractivity contribution in [2.45, 2.75) is 51.6 Å². The van der Waals surface area contributed by atoms with E-state index in [1.807, 2.05) is 10.7 Å². The van der Waals surface area contributed by atoms with Crippen LogP contribution >= 0.6 is 0 Å². The fraction of sp³-hybridized carbons (Fsp3) is 0.706. The van der Waals surface area contributed by atoms with E-state index in [1.165, 1.54) is 32.1 Å². The Balaban J connectivity index is 1.49. The maximum absolute atomic E-state index is 12.2. The van der Waals surface area contributed by atoms with E-state index in [4.69, 9.17) is 5.26 Å². The Morgan fingerprint density at radius 2 is 2.13 bits per heavy atom. The first-order valence-electron chi connectivity index (χ1n) is 8.70. The number of nitriles is 1. The molecular weight excluding hydrogens is 290 g/mol. The average Bonchev–Trinajstić information content (AvgIpc) is 2.86. The summed E-state index contributed by atoms with van der Waals surface area (Å²) in [7, 11) is 0. The molecule has 2 aliphatic rings. The minimum atomic E-state index is 0.115. The zero-order valence-corrected chi connectivity index (χ0v) is 13.6. The quantitative estimate of drug-likeness (QED) is 0.917. The van der Waals surface area contributed by atoms with Gasteiger partial charge in [-0.1, -0.05) is 19.3 Å². The number of carbonyl (C=O) groups is 1. The van der Waals surface area contributed by atoms with Gasteiger partial charge < -0.3 is 5.32 Å². The third-order valence-corrected chi connectivity index (χ3v) is 4.89. The Labute approximate surface area is 137 Å². The Bertz CT molecular complexity index is 582. The van der Waals surface area contributed by atoms with Gasteiger partial charge in [-0.2, -0.15) is 10.4 Å². The standard InChI is InChI=1S/C17H25N5O/c18-10-15-9-16-12-21(7-4-8-22(16)20-15)13-17(23)19-11-14-5-2-1-3-6-14/h9,14H,1-8,11-13H2,(H,19,23). The molecule has 23 heavy (non-hydrogen) atoms. The Kier molecular flexibility index (Phi) is 5.29. The normalized spacial score (nSPS) is 19.6. The summed E-state index contributed by atoms with van der Waals surface area (Å²) in [4.78, 5) is 14.4. The highest BCUT2D eigenvalue weighted by atomic mass is 16.2. The van der Waals surface area contributed by atoms with E-state index in [0.29, 0.717) is 24.7 Å². The molecule has 1 N–H and O–H groups in total. The van der Waals surface area contributed by atoms with Crippen molar-refractivity contribution in [3.05, 3.63) is 17.5 Å². The van der Waals surface area contributed by atoms with E-state index in [2.05, 4.69) is 21.4 Å². The van der Waals surface area contributed by atoms with Crippen LogP contribution in [0.2, 0.25) is 0 Å². The van der Waals surface area contributed by atoms with Crippen LogP contribution in [0.4, 0.5) is 0 Å². The van der Waals surface area contributed by atoms with E-state index in [-0.39, 0.29) is 5.91 Å². The minimum Gasteiger partial charge on any atom is -0.355 e. The molecular formula is C17H25N5O. The number of carbonyl (C=O) groups excluding carboxylic acids is 1. The van der Waals surface area contributed by atoms with Gasteiger partial charge in [-0.15, -0.1) is 0 Å². The van der Waals surface area contributed by atoms with Crippen LogP contribution in [0.1, 0.15) is 49.9 Å². The maximum atomic E-state index is 12.2. The van der Waals surface area contributed by atoms with Crippen molar-refractivity contribution < 1.29 is 4.79 Å². The number of amides is 1. The smallest absolute Gasteiger partial charge is 0.234 e. The third-order valence-electron chi connectivity index (χ3n) is 4.89. The molecule has 3 rings (SSSR count). The van der Waals surface area contributed by atoms with Crippen molar-refractivity contribution in [3.8, 4) is 6.07 Å². The van der Waals surface area contributed by atoms with Gasteiger partial charge in [0.05, 0.1) is 12.2 Å². The van der Waals surface area contributed by atoms with Gasteiger partial charge in [0.15, 0.2) is 5.69 Å². The molecule has 6 heteroatoms. The predicted octanol–water partition coefficient (Wildman–Crippen LogP) is 1.66. The lowest BCUT2D eigenvalue weighted by Gasteiger charge is -2.23. The van der Waals surface area contributed by atoms with Crippen LogP contribution in [-0.4, -0.2) is 40.2 Å². The summed E-state index contributed by atoms with van der Waals surface area (Å²) in [5.41, 5.74) is 1.49. The molecule has 1 aromatic heterocycles. The van der Waals surface area contributed by atoms with Crippen molar-refractivity contribution in [1.29, 1.82) is 5.26 Å². The molecule has 0 aromatic carbocycles. The number of hydrogen-bond acceptors (Lipinski definition) is 4. The number of aromatic nitrogens is 2. The second-order valence-electron chi connectivity index (χ2n) is 6.73. The number of rotatable bonds is 4. The van der Waals surface area contributed by atoms with Gasteiger partial charge in [-0.3, -0.25) is 14.4 Å². The van der Waals surface area contributed by atoms with Crippen LogP contribution in [0.15, 0.2) is 6.07 Å². The van der Waals surface area contributed by atoms with E-state index < -0.39 is 0 Å². The van der Waals surface area contributed by atoms with E-state index in [1.54, 1.807) is 0 Å². The number of fused-ring (bicyclic) bond motifs is 1. The fourth-order valence-corrected chi connectivity index (χ4v) is 3.63. The molecule has 1 aromatic rings. The second-order valence-corrected chi connectivity index (χ2v) is 6.73. The van der Waals surface area contributed by atoms with Crippen molar-refractivity contribution in [3.63, 3.8) is 0 Å². The SMILES string of the molecule is N#Cc1cc2n(n1)CCCN(CC(=O)NCC1CCCCC1)C2. The zero-order chi connectivity index (χ0) is 16.1. The summed E-state index contributed by atoms with van der Waals surface area (Å²) in [6.07, 6.45) is 7.40. The molecule has 1 aliphatic heterocycles. The number of nitrogens with zero attached hydrogens (tertiary/aromatic N) is 4. The molecule has 1 fully saturated rings. The molecule has 0 radical (unpaired) electrons. The minimum absolute atomic E-state index is 0.115. The molecule has 0 atom stereocenters. The van der Waals surface area contributed by atoms with Crippen molar-refractivity contribution in [1.82, 2.24) is 20.0 Å². The third kappa shape index (κ3) is 4.32. The molecule has 0 bridgehead atoms. The molecule has 0 saturated heterocycles. The van der Waals surface area contributed by atoms with Crippen LogP contribution < -0.4 is 5.32 Å². The fourth-order valence-electron chi connectivity index (χ4n) is 3.63. The van der Waals surface area contributed by atoms with Crippen LogP contribution in [0, 0.1) is 17.2 Å². The Morgan fingerprint density at radius 3 is 2.91 bits per heavy atom. The summed E-state index contributed by atoms with van der Waals surface area (Å²) in [6.45, 7) is 3.65. The molecule has 1 amide bonds. The highest BCUT2D eigenvalue weighted by Crippen LogP contribution is 2.22.